The Morgan fingerprint density at radius 3 is 2.79 bits per heavy atom. The van der Waals surface area contributed by atoms with E-state index in [4.69, 9.17) is 9.47 Å². The predicted molar refractivity (Wildman–Crippen MR) is 73.3 cm³/mol. The van der Waals surface area contributed by atoms with Crippen molar-refractivity contribution in [1.82, 2.24) is 0 Å². The molecule has 0 spiro atoms. The Bertz CT molecular complexity index is 389. The summed E-state index contributed by atoms with van der Waals surface area (Å²) in [7, 11) is 0. The summed E-state index contributed by atoms with van der Waals surface area (Å²) >= 11 is 0. The minimum atomic E-state index is -0.673. The smallest absolute Gasteiger partial charge is 0.347 e. The lowest BCUT2D eigenvalue weighted by Gasteiger charge is -2.14. The molecule has 0 saturated heterocycles. The molecule has 4 heteroatoms. The second-order valence-corrected chi connectivity index (χ2v) is 4.49. The van der Waals surface area contributed by atoms with Crippen LogP contribution in [0, 0.1) is 0 Å². The van der Waals surface area contributed by atoms with Crippen LogP contribution in [-0.2, 0) is 9.53 Å². The number of aromatic hydroxyl groups is 1. The molecule has 0 aliphatic carbocycles. The summed E-state index contributed by atoms with van der Waals surface area (Å²) in [5.74, 6) is 0.188. The van der Waals surface area contributed by atoms with Gasteiger partial charge in [0.1, 0.15) is 11.5 Å². The molecule has 1 N–H and O–H groups in total. The van der Waals surface area contributed by atoms with E-state index in [0.29, 0.717) is 12.4 Å². The molecule has 4 nitrogen and oxygen atoms in total. The second kappa shape index (κ2) is 8.40. The molecule has 0 bridgehead atoms. The third-order valence-corrected chi connectivity index (χ3v) is 2.70. The summed E-state index contributed by atoms with van der Waals surface area (Å²) in [5.41, 5.74) is 0. The van der Waals surface area contributed by atoms with E-state index in [-0.39, 0.29) is 11.7 Å². The van der Waals surface area contributed by atoms with Crippen LogP contribution in [0.5, 0.6) is 11.5 Å². The third-order valence-electron chi connectivity index (χ3n) is 2.70. The van der Waals surface area contributed by atoms with Gasteiger partial charge in [-0.05, 0) is 25.5 Å². The lowest BCUT2D eigenvalue weighted by molar-refractivity contribution is -0.151. The average molecular weight is 266 g/mol. The Balaban J connectivity index is 2.28. The maximum Gasteiger partial charge on any atom is 0.347 e. The zero-order valence-corrected chi connectivity index (χ0v) is 11.6. The quantitative estimate of drug-likeness (QED) is 0.579. The molecule has 106 valence electrons. The number of esters is 1. The van der Waals surface area contributed by atoms with Gasteiger partial charge in [-0.25, -0.2) is 4.79 Å². The van der Waals surface area contributed by atoms with E-state index in [2.05, 4.69) is 6.92 Å². The first-order valence-electron chi connectivity index (χ1n) is 6.75. The first-order valence-corrected chi connectivity index (χ1v) is 6.75. The molecule has 0 amide bonds. The van der Waals surface area contributed by atoms with Crippen molar-refractivity contribution in [2.75, 3.05) is 6.61 Å². The van der Waals surface area contributed by atoms with Gasteiger partial charge in [0.2, 0.25) is 0 Å². The summed E-state index contributed by atoms with van der Waals surface area (Å²) < 4.78 is 10.5. The number of hydrogen-bond acceptors (Lipinski definition) is 4. The number of hydrogen-bond donors (Lipinski definition) is 1. The van der Waals surface area contributed by atoms with E-state index < -0.39 is 6.10 Å². The summed E-state index contributed by atoms with van der Waals surface area (Å²) in [6.07, 6.45) is 3.61. The fourth-order valence-corrected chi connectivity index (χ4v) is 1.63. The molecule has 0 aliphatic heterocycles. The number of phenolic OH excluding ortho intramolecular Hbond substituents is 1. The monoisotopic (exact) mass is 266 g/mol. The topological polar surface area (TPSA) is 55.8 Å². The van der Waals surface area contributed by atoms with Crippen LogP contribution >= 0.6 is 0 Å². The Morgan fingerprint density at radius 2 is 2.11 bits per heavy atom. The van der Waals surface area contributed by atoms with Crippen molar-refractivity contribution in [3.63, 3.8) is 0 Å². The van der Waals surface area contributed by atoms with Crippen molar-refractivity contribution in [3.05, 3.63) is 24.3 Å². The largest absolute Gasteiger partial charge is 0.508 e. The van der Waals surface area contributed by atoms with Crippen LogP contribution in [-0.4, -0.2) is 23.8 Å². The van der Waals surface area contributed by atoms with Crippen LogP contribution in [0.4, 0.5) is 0 Å². The molecule has 0 aliphatic rings. The number of phenols is 1. The van der Waals surface area contributed by atoms with E-state index in [1.54, 1.807) is 25.1 Å². The molecular weight excluding hydrogens is 244 g/mol. The minimum Gasteiger partial charge on any atom is -0.508 e. The third kappa shape index (κ3) is 6.13. The van der Waals surface area contributed by atoms with Gasteiger partial charge in [0.25, 0.3) is 0 Å². The summed E-state index contributed by atoms with van der Waals surface area (Å²) in [4.78, 5) is 11.7. The van der Waals surface area contributed by atoms with Crippen molar-refractivity contribution >= 4 is 5.97 Å². The van der Waals surface area contributed by atoms with Gasteiger partial charge in [0.05, 0.1) is 6.61 Å². The number of rotatable bonds is 8. The van der Waals surface area contributed by atoms with Crippen molar-refractivity contribution < 1.29 is 19.4 Å². The van der Waals surface area contributed by atoms with Crippen LogP contribution in [0.3, 0.4) is 0 Å². The summed E-state index contributed by atoms with van der Waals surface area (Å²) in [6, 6.07) is 6.35. The van der Waals surface area contributed by atoms with E-state index in [9.17, 15) is 9.90 Å². The Labute approximate surface area is 114 Å². The van der Waals surface area contributed by atoms with Gasteiger partial charge in [0.15, 0.2) is 6.10 Å². The van der Waals surface area contributed by atoms with Gasteiger partial charge in [0, 0.05) is 6.07 Å². The lowest BCUT2D eigenvalue weighted by Crippen LogP contribution is -2.26. The predicted octanol–water partition coefficient (Wildman–Crippen LogP) is 3.28. The van der Waals surface area contributed by atoms with Crippen molar-refractivity contribution in [2.45, 2.75) is 45.6 Å². The van der Waals surface area contributed by atoms with E-state index in [0.717, 1.165) is 25.7 Å². The van der Waals surface area contributed by atoms with Crippen LogP contribution < -0.4 is 4.74 Å². The number of unbranched alkanes of at least 4 members (excludes halogenated alkanes) is 3. The highest BCUT2D eigenvalue weighted by Gasteiger charge is 2.16. The van der Waals surface area contributed by atoms with Crippen molar-refractivity contribution in [3.8, 4) is 11.5 Å². The van der Waals surface area contributed by atoms with Gasteiger partial charge in [-0.1, -0.05) is 32.3 Å². The fourth-order valence-electron chi connectivity index (χ4n) is 1.63. The highest BCUT2D eigenvalue weighted by atomic mass is 16.6. The number of carbonyl (C=O) groups excluding carboxylic acids is 1. The van der Waals surface area contributed by atoms with Crippen molar-refractivity contribution in [2.24, 2.45) is 0 Å². The molecule has 1 unspecified atom stereocenters. The Hall–Kier alpha value is -1.71. The first-order chi connectivity index (χ1) is 9.13. The maximum absolute atomic E-state index is 11.7. The molecule has 0 saturated carbocycles. The molecule has 1 rings (SSSR count). The molecule has 19 heavy (non-hydrogen) atoms. The minimum absolute atomic E-state index is 0.109. The number of ether oxygens (including phenoxy) is 2. The number of benzene rings is 1. The van der Waals surface area contributed by atoms with Gasteiger partial charge in [-0.2, -0.15) is 0 Å². The summed E-state index contributed by atoms with van der Waals surface area (Å²) in [6.45, 7) is 4.21. The van der Waals surface area contributed by atoms with Crippen LogP contribution in [0.1, 0.15) is 39.5 Å². The van der Waals surface area contributed by atoms with Crippen LogP contribution in [0.15, 0.2) is 24.3 Å². The fraction of sp³-hybridized carbons (Fsp3) is 0.533. The van der Waals surface area contributed by atoms with E-state index >= 15 is 0 Å². The molecule has 0 heterocycles. The van der Waals surface area contributed by atoms with Gasteiger partial charge in [-0.3, -0.25) is 0 Å². The first kappa shape index (κ1) is 15.3. The van der Waals surface area contributed by atoms with E-state index in [1.807, 2.05) is 0 Å². The van der Waals surface area contributed by atoms with Crippen LogP contribution in [0.2, 0.25) is 0 Å². The second-order valence-electron chi connectivity index (χ2n) is 4.49. The zero-order valence-electron chi connectivity index (χ0n) is 11.6. The average Bonchev–Trinajstić information content (AvgIpc) is 2.38. The van der Waals surface area contributed by atoms with Crippen LogP contribution in [0.25, 0.3) is 0 Å². The van der Waals surface area contributed by atoms with Gasteiger partial charge < -0.3 is 14.6 Å². The zero-order chi connectivity index (χ0) is 14.1. The Morgan fingerprint density at radius 1 is 1.32 bits per heavy atom. The molecule has 0 radical (unpaired) electrons. The molecule has 0 fully saturated rings. The maximum atomic E-state index is 11.7. The standard InChI is InChI=1S/C15H22O4/c1-3-4-5-6-10-18-15(17)12(2)19-14-9-7-8-13(16)11-14/h7-9,11-12,16H,3-6,10H2,1-2H3. The van der Waals surface area contributed by atoms with Gasteiger partial charge >= 0.3 is 5.97 Å². The van der Waals surface area contributed by atoms with Crippen molar-refractivity contribution in [1.29, 1.82) is 0 Å². The molecular formula is C15H22O4. The molecule has 1 aromatic rings. The highest BCUT2D eigenvalue weighted by Crippen LogP contribution is 2.19. The van der Waals surface area contributed by atoms with E-state index in [1.165, 1.54) is 6.07 Å². The van der Waals surface area contributed by atoms with Gasteiger partial charge in [-0.15, -0.1) is 0 Å². The lowest BCUT2D eigenvalue weighted by atomic mass is 10.2. The number of carbonyl (C=O) groups is 1. The molecule has 1 aromatic carbocycles. The highest BCUT2D eigenvalue weighted by molar-refractivity contribution is 5.74. The normalized spacial score (nSPS) is 11.9. The Kier molecular flexibility index (Phi) is 6.79. The SMILES string of the molecule is CCCCCCOC(=O)C(C)Oc1cccc(O)c1. The molecule has 1 atom stereocenters. The summed E-state index contributed by atoms with van der Waals surface area (Å²) in [5, 5.41) is 9.29. The molecule has 0 aromatic heterocycles.